The summed E-state index contributed by atoms with van der Waals surface area (Å²) in [5, 5.41) is 9.12. The average Bonchev–Trinajstić information content (AvgIpc) is 2.87. The maximum absolute atomic E-state index is 11.8. The fourth-order valence-electron chi connectivity index (χ4n) is 2.35. The highest BCUT2D eigenvalue weighted by Gasteiger charge is 2.19. The van der Waals surface area contributed by atoms with Crippen molar-refractivity contribution >= 4 is 17.9 Å². The SMILES string of the molecule is CC(NC(N)=O)C(=O)Nc1ncn(C2CCCCC2)n1. The molecule has 0 radical (unpaired) electrons. The third-order valence-corrected chi connectivity index (χ3v) is 3.44. The van der Waals surface area contributed by atoms with Crippen LogP contribution in [-0.2, 0) is 4.79 Å². The Hall–Kier alpha value is -2.12. The van der Waals surface area contributed by atoms with E-state index in [-0.39, 0.29) is 5.95 Å². The molecule has 110 valence electrons. The second-order valence-corrected chi connectivity index (χ2v) is 5.06. The number of carbonyl (C=O) groups excluding carboxylic acids is 2. The Kier molecular flexibility index (Phi) is 4.54. The average molecular weight is 280 g/mol. The Morgan fingerprint density at radius 3 is 2.75 bits per heavy atom. The number of anilines is 1. The first kappa shape index (κ1) is 14.3. The molecule has 1 saturated carbocycles. The van der Waals surface area contributed by atoms with Gasteiger partial charge in [-0.2, -0.15) is 0 Å². The van der Waals surface area contributed by atoms with Crippen molar-refractivity contribution in [1.82, 2.24) is 20.1 Å². The summed E-state index contributed by atoms with van der Waals surface area (Å²) in [6.07, 6.45) is 7.49. The predicted molar refractivity (Wildman–Crippen MR) is 73.0 cm³/mol. The van der Waals surface area contributed by atoms with E-state index >= 15 is 0 Å². The zero-order valence-electron chi connectivity index (χ0n) is 11.5. The maximum Gasteiger partial charge on any atom is 0.312 e. The molecule has 0 saturated heterocycles. The van der Waals surface area contributed by atoms with Crippen molar-refractivity contribution in [3.63, 3.8) is 0 Å². The molecule has 0 spiro atoms. The van der Waals surface area contributed by atoms with Crippen LogP contribution in [0.4, 0.5) is 10.7 Å². The van der Waals surface area contributed by atoms with Crippen LogP contribution in [0.3, 0.4) is 0 Å². The van der Waals surface area contributed by atoms with Crippen LogP contribution in [0.1, 0.15) is 45.1 Å². The number of nitrogens with zero attached hydrogens (tertiary/aromatic N) is 3. The summed E-state index contributed by atoms with van der Waals surface area (Å²) in [5.74, 6) is -0.149. The minimum Gasteiger partial charge on any atom is -0.352 e. The highest BCUT2D eigenvalue weighted by molar-refractivity contribution is 5.95. The van der Waals surface area contributed by atoms with E-state index in [1.54, 1.807) is 11.0 Å². The lowest BCUT2D eigenvalue weighted by Crippen LogP contribution is -2.44. The Labute approximate surface area is 117 Å². The molecule has 1 aliphatic rings. The normalized spacial score (nSPS) is 17.4. The molecule has 1 heterocycles. The topological polar surface area (TPSA) is 115 Å². The molecule has 8 heteroatoms. The highest BCUT2D eigenvalue weighted by atomic mass is 16.2. The van der Waals surface area contributed by atoms with Crippen molar-refractivity contribution in [3.8, 4) is 0 Å². The van der Waals surface area contributed by atoms with E-state index in [1.165, 1.54) is 26.2 Å². The van der Waals surface area contributed by atoms with Crippen LogP contribution in [0, 0.1) is 0 Å². The van der Waals surface area contributed by atoms with Crippen LogP contribution in [0.5, 0.6) is 0 Å². The van der Waals surface area contributed by atoms with E-state index in [2.05, 4.69) is 20.7 Å². The minimum atomic E-state index is -0.742. The summed E-state index contributed by atoms with van der Waals surface area (Å²) in [5.41, 5.74) is 4.96. The van der Waals surface area contributed by atoms with E-state index in [9.17, 15) is 9.59 Å². The van der Waals surface area contributed by atoms with Gasteiger partial charge in [0.2, 0.25) is 11.9 Å². The molecule has 1 unspecified atom stereocenters. The van der Waals surface area contributed by atoms with E-state index in [1.807, 2.05) is 0 Å². The number of urea groups is 1. The molecule has 1 fully saturated rings. The molecule has 4 N–H and O–H groups in total. The maximum atomic E-state index is 11.8. The van der Waals surface area contributed by atoms with Crippen LogP contribution in [0.2, 0.25) is 0 Å². The van der Waals surface area contributed by atoms with Crippen LogP contribution < -0.4 is 16.4 Å². The standard InChI is InChI=1S/C12H20N6O2/c1-8(15-11(13)20)10(19)16-12-14-7-18(17-12)9-5-3-2-4-6-9/h7-9H,2-6H2,1H3,(H3,13,15,20)(H,16,17,19). The largest absolute Gasteiger partial charge is 0.352 e. The zero-order valence-corrected chi connectivity index (χ0v) is 11.5. The first-order chi connectivity index (χ1) is 9.56. The Balaban J connectivity index is 1.91. The second kappa shape index (κ2) is 6.36. The second-order valence-electron chi connectivity index (χ2n) is 5.06. The smallest absolute Gasteiger partial charge is 0.312 e. The number of amides is 3. The van der Waals surface area contributed by atoms with Crippen LogP contribution in [0.25, 0.3) is 0 Å². The molecular weight excluding hydrogens is 260 g/mol. The van der Waals surface area contributed by atoms with Gasteiger partial charge in [0.1, 0.15) is 12.4 Å². The first-order valence-corrected chi connectivity index (χ1v) is 6.84. The van der Waals surface area contributed by atoms with Crippen LogP contribution >= 0.6 is 0 Å². The number of rotatable bonds is 4. The number of carbonyl (C=O) groups is 2. The molecule has 2 rings (SSSR count). The van der Waals surface area contributed by atoms with Crippen molar-refractivity contribution in [1.29, 1.82) is 0 Å². The number of aromatic nitrogens is 3. The van der Waals surface area contributed by atoms with Gasteiger partial charge in [0.15, 0.2) is 0 Å². The van der Waals surface area contributed by atoms with Gasteiger partial charge in [-0.3, -0.25) is 10.1 Å². The number of nitrogens with two attached hydrogens (primary N) is 1. The molecule has 0 bridgehead atoms. The molecule has 1 atom stereocenters. The van der Waals surface area contributed by atoms with Gasteiger partial charge in [0.25, 0.3) is 0 Å². The van der Waals surface area contributed by atoms with Gasteiger partial charge in [-0.1, -0.05) is 19.3 Å². The van der Waals surface area contributed by atoms with Crippen LogP contribution in [0.15, 0.2) is 6.33 Å². The van der Waals surface area contributed by atoms with Crippen molar-refractivity contribution in [2.75, 3.05) is 5.32 Å². The summed E-state index contributed by atoms with van der Waals surface area (Å²) in [4.78, 5) is 26.5. The van der Waals surface area contributed by atoms with Gasteiger partial charge in [0, 0.05) is 0 Å². The Bertz CT molecular complexity index is 480. The third kappa shape index (κ3) is 3.69. The van der Waals surface area contributed by atoms with Gasteiger partial charge < -0.3 is 11.1 Å². The molecule has 0 aliphatic heterocycles. The summed E-state index contributed by atoms with van der Waals surface area (Å²) < 4.78 is 1.81. The van der Waals surface area contributed by atoms with Gasteiger partial charge in [-0.15, -0.1) is 5.10 Å². The quantitative estimate of drug-likeness (QED) is 0.755. The van der Waals surface area contributed by atoms with Crippen molar-refractivity contribution < 1.29 is 9.59 Å². The predicted octanol–water partition coefficient (Wildman–Crippen LogP) is 0.779. The molecular formula is C12H20N6O2. The molecule has 8 nitrogen and oxygen atoms in total. The van der Waals surface area contributed by atoms with Gasteiger partial charge in [-0.05, 0) is 19.8 Å². The van der Waals surface area contributed by atoms with E-state index < -0.39 is 18.0 Å². The lowest BCUT2D eigenvalue weighted by atomic mass is 9.96. The molecule has 1 aromatic heterocycles. The van der Waals surface area contributed by atoms with E-state index in [4.69, 9.17) is 5.73 Å². The molecule has 3 amide bonds. The van der Waals surface area contributed by atoms with Gasteiger partial charge in [-0.25, -0.2) is 14.5 Å². The number of hydrogen-bond donors (Lipinski definition) is 3. The lowest BCUT2D eigenvalue weighted by Gasteiger charge is -2.21. The summed E-state index contributed by atoms with van der Waals surface area (Å²) in [6, 6.07) is -1.11. The van der Waals surface area contributed by atoms with Gasteiger partial charge in [0.05, 0.1) is 6.04 Å². The summed E-state index contributed by atoms with van der Waals surface area (Å²) in [6.45, 7) is 1.54. The first-order valence-electron chi connectivity index (χ1n) is 6.84. The fourth-order valence-corrected chi connectivity index (χ4v) is 2.35. The molecule has 1 aliphatic carbocycles. The van der Waals surface area contributed by atoms with E-state index in [0.717, 1.165) is 12.8 Å². The summed E-state index contributed by atoms with van der Waals surface area (Å²) in [7, 11) is 0. The van der Waals surface area contributed by atoms with Crippen molar-refractivity contribution in [2.24, 2.45) is 5.73 Å². The Morgan fingerprint density at radius 2 is 2.10 bits per heavy atom. The molecule has 0 aromatic carbocycles. The molecule has 1 aromatic rings. The Morgan fingerprint density at radius 1 is 1.40 bits per heavy atom. The number of nitrogens with one attached hydrogen (secondary N) is 2. The fraction of sp³-hybridized carbons (Fsp3) is 0.667. The van der Waals surface area contributed by atoms with Crippen molar-refractivity contribution in [2.45, 2.75) is 51.1 Å². The monoisotopic (exact) mass is 280 g/mol. The molecule has 20 heavy (non-hydrogen) atoms. The van der Waals surface area contributed by atoms with Crippen LogP contribution in [-0.4, -0.2) is 32.7 Å². The van der Waals surface area contributed by atoms with E-state index in [0.29, 0.717) is 6.04 Å². The number of primary amides is 1. The number of hydrogen-bond acceptors (Lipinski definition) is 4. The zero-order chi connectivity index (χ0) is 14.5. The summed E-state index contributed by atoms with van der Waals surface area (Å²) >= 11 is 0. The highest BCUT2D eigenvalue weighted by Crippen LogP contribution is 2.27. The lowest BCUT2D eigenvalue weighted by molar-refractivity contribution is -0.117. The van der Waals surface area contributed by atoms with Crippen molar-refractivity contribution in [3.05, 3.63) is 6.33 Å². The van der Waals surface area contributed by atoms with Gasteiger partial charge >= 0.3 is 6.03 Å². The minimum absolute atomic E-state index is 0.249. The third-order valence-electron chi connectivity index (χ3n) is 3.44.